The highest BCUT2D eigenvalue weighted by Gasteiger charge is 2.27. The first kappa shape index (κ1) is 11.0. The molecule has 0 bridgehead atoms. The average molecular weight is 234 g/mol. The summed E-state index contributed by atoms with van der Waals surface area (Å²) in [5.74, 6) is 1.09. The van der Waals surface area contributed by atoms with Gasteiger partial charge in [0.1, 0.15) is 5.82 Å². The normalized spacial score (nSPS) is 28.2. The van der Waals surface area contributed by atoms with Gasteiger partial charge in [-0.25, -0.2) is 4.98 Å². The maximum atomic E-state index is 5.76. The van der Waals surface area contributed by atoms with Crippen molar-refractivity contribution in [2.24, 2.45) is 0 Å². The van der Waals surface area contributed by atoms with Crippen molar-refractivity contribution in [2.75, 3.05) is 18.0 Å². The van der Waals surface area contributed by atoms with Crippen molar-refractivity contribution < 1.29 is 9.47 Å². The molecule has 1 aromatic rings. The number of nitrogens with zero attached hydrogens (tertiary/aromatic N) is 2. The van der Waals surface area contributed by atoms with E-state index in [1.807, 2.05) is 6.20 Å². The third kappa shape index (κ3) is 2.03. The number of morpholine rings is 1. The number of fused-ring (bicyclic) bond motifs is 1. The van der Waals surface area contributed by atoms with Crippen LogP contribution in [-0.2, 0) is 22.7 Å². The fourth-order valence-corrected chi connectivity index (χ4v) is 2.70. The highest BCUT2D eigenvalue weighted by molar-refractivity contribution is 5.51. The molecule has 3 rings (SSSR count). The molecule has 4 heteroatoms. The molecule has 0 aromatic carbocycles. The van der Waals surface area contributed by atoms with Gasteiger partial charge in [-0.3, -0.25) is 0 Å². The van der Waals surface area contributed by atoms with E-state index in [1.54, 1.807) is 0 Å². The van der Waals surface area contributed by atoms with Gasteiger partial charge in [-0.15, -0.1) is 0 Å². The second-order valence-corrected chi connectivity index (χ2v) is 4.93. The summed E-state index contributed by atoms with van der Waals surface area (Å²) in [6.45, 7) is 7.46. The maximum Gasteiger partial charge on any atom is 0.134 e. The highest BCUT2D eigenvalue weighted by atomic mass is 16.5. The zero-order valence-electron chi connectivity index (χ0n) is 10.3. The molecule has 2 aliphatic rings. The third-order valence-electron chi connectivity index (χ3n) is 3.35. The molecule has 0 saturated carbocycles. The van der Waals surface area contributed by atoms with Crippen LogP contribution in [0.4, 0.5) is 5.82 Å². The first-order valence-corrected chi connectivity index (χ1v) is 6.19. The van der Waals surface area contributed by atoms with Crippen LogP contribution < -0.4 is 4.90 Å². The van der Waals surface area contributed by atoms with Gasteiger partial charge in [-0.2, -0.15) is 0 Å². The SMILES string of the molecule is C[C@@H]1CN(c2nccc3c2COC3)C[C@H](C)O1. The molecule has 2 atom stereocenters. The van der Waals surface area contributed by atoms with E-state index in [4.69, 9.17) is 9.47 Å². The third-order valence-corrected chi connectivity index (χ3v) is 3.35. The monoisotopic (exact) mass is 234 g/mol. The zero-order valence-corrected chi connectivity index (χ0v) is 10.3. The summed E-state index contributed by atoms with van der Waals surface area (Å²) in [6, 6.07) is 2.05. The summed E-state index contributed by atoms with van der Waals surface area (Å²) in [4.78, 5) is 6.86. The van der Waals surface area contributed by atoms with Crippen LogP contribution in [0.2, 0.25) is 0 Å². The number of pyridine rings is 1. The van der Waals surface area contributed by atoms with Crippen molar-refractivity contribution >= 4 is 5.82 Å². The van der Waals surface area contributed by atoms with Gasteiger partial charge in [-0.1, -0.05) is 0 Å². The topological polar surface area (TPSA) is 34.6 Å². The molecule has 0 amide bonds. The number of rotatable bonds is 1. The average Bonchev–Trinajstić information content (AvgIpc) is 2.75. The Morgan fingerprint density at radius 1 is 1.24 bits per heavy atom. The fourth-order valence-electron chi connectivity index (χ4n) is 2.70. The fraction of sp³-hybridized carbons (Fsp3) is 0.615. The predicted molar refractivity (Wildman–Crippen MR) is 65.0 cm³/mol. The summed E-state index contributed by atoms with van der Waals surface area (Å²) in [5.41, 5.74) is 2.54. The Balaban J connectivity index is 1.91. The van der Waals surface area contributed by atoms with Crippen LogP contribution in [-0.4, -0.2) is 30.3 Å². The lowest BCUT2D eigenvalue weighted by Gasteiger charge is -2.36. The molecule has 4 nitrogen and oxygen atoms in total. The van der Waals surface area contributed by atoms with E-state index in [-0.39, 0.29) is 12.2 Å². The van der Waals surface area contributed by atoms with E-state index in [0.717, 1.165) is 25.5 Å². The van der Waals surface area contributed by atoms with Crippen molar-refractivity contribution in [3.63, 3.8) is 0 Å². The van der Waals surface area contributed by atoms with Crippen LogP contribution in [0, 0.1) is 0 Å². The number of anilines is 1. The zero-order chi connectivity index (χ0) is 11.8. The molecule has 17 heavy (non-hydrogen) atoms. The lowest BCUT2D eigenvalue weighted by Crippen LogP contribution is -2.46. The molecule has 1 fully saturated rings. The van der Waals surface area contributed by atoms with Gasteiger partial charge in [-0.05, 0) is 25.5 Å². The maximum absolute atomic E-state index is 5.76. The molecular formula is C13H18N2O2. The molecular weight excluding hydrogens is 216 g/mol. The van der Waals surface area contributed by atoms with Gasteiger partial charge in [0.2, 0.25) is 0 Å². The number of hydrogen-bond acceptors (Lipinski definition) is 4. The number of hydrogen-bond donors (Lipinski definition) is 0. The van der Waals surface area contributed by atoms with Gasteiger partial charge in [0.15, 0.2) is 0 Å². The molecule has 0 aliphatic carbocycles. The largest absolute Gasteiger partial charge is 0.372 e. The molecule has 3 heterocycles. The predicted octanol–water partition coefficient (Wildman–Crippen LogP) is 1.73. The minimum Gasteiger partial charge on any atom is -0.372 e. The molecule has 1 aromatic heterocycles. The molecule has 0 N–H and O–H groups in total. The Bertz CT molecular complexity index is 412. The standard InChI is InChI=1S/C13H18N2O2/c1-9-5-15(6-10(2)17-9)13-12-8-16-7-11(12)3-4-14-13/h3-4,9-10H,5-8H2,1-2H3/t9-,10+. The summed E-state index contributed by atoms with van der Waals surface area (Å²) in [5, 5.41) is 0. The van der Waals surface area contributed by atoms with Crippen LogP contribution >= 0.6 is 0 Å². The summed E-state index contributed by atoms with van der Waals surface area (Å²) >= 11 is 0. The lowest BCUT2D eigenvalue weighted by atomic mass is 10.1. The van der Waals surface area contributed by atoms with Crippen LogP contribution in [0.5, 0.6) is 0 Å². The van der Waals surface area contributed by atoms with Gasteiger partial charge in [0.25, 0.3) is 0 Å². The molecule has 0 unspecified atom stereocenters. The van der Waals surface area contributed by atoms with Crippen LogP contribution in [0.3, 0.4) is 0 Å². The first-order chi connectivity index (χ1) is 8.24. The van der Waals surface area contributed by atoms with E-state index >= 15 is 0 Å². The summed E-state index contributed by atoms with van der Waals surface area (Å²) < 4.78 is 11.3. The summed E-state index contributed by atoms with van der Waals surface area (Å²) in [6.07, 6.45) is 2.41. The van der Waals surface area contributed by atoms with E-state index in [0.29, 0.717) is 6.61 Å². The van der Waals surface area contributed by atoms with Crippen molar-refractivity contribution in [3.05, 3.63) is 23.4 Å². The van der Waals surface area contributed by atoms with Gasteiger partial charge in [0.05, 0.1) is 25.4 Å². The van der Waals surface area contributed by atoms with Crippen molar-refractivity contribution in [2.45, 2.75) is 39.3 Å². The summed E-state index contributed by atoms with van der Waals surface area (Å²) in [7, 11) is 0. The van der Waals surface area contributed by atoms with Crippen molar-refractivity contribution in [3.8, 4) is 0 Å². The van der Waals surface area contributed by atoms with Crippen LogP contribution in [0.1, 0.15) is 25.0 Å². The Hall–Kier alpha value is -1.13. The molecule has 0 spiro atoms. The molecule has 92 valence electrons. The molecule has 2 aliphatic heterocycles. The van der Waals surface area contributed by atoms with E-state index in [9.17, 15) is 0 Å². The Kier molecular flexibility index (Phi) is 2.76. The second-order valence-electron chi connectivity index (χ2n) is 4.93. The van der Waals surface area contributed by atoms with Gasteiger partial charge in [0, 0.05) is 24.8 Å². The van der Waals surface area contributed by atoms with Crippen molar-refractivity contribution in [1.29, 1.82) is 0 Å². The smallest absolute Gasteiger partial charge is 0.134 e. The number of aromatic nitrogens is 1. The van der Waals surface area contributed by atoms with Gasteiger partial charge < -0.3 is 14.4 Å². The Labute approximate surface area is 102 Å². The highest BCUT2D eigenvalue weighted by Crippen LogP contribution is 2.29. The minimum absolute atomic E-state index is 0.263. The van der Waals surface area contributed by atoms with E-state index in [1.165, 1.54) is 11.1 Å². The minimum atomic E-state index is 0.263. The Morgan fingerprint density at radius 2 is 2.00 bits per heavy atom. The first-order valence-electron chi connectivity index (χ1n) is 6.19. The van der Waals surface area contributed by atoms with Crippen LogP contribution in [0.25, 0.3) is 0 Å². The van der Waals surface area contributed by atoms with Crippen molar-refractivity contribution in [1.82, 2.24) is 4.98 Å². The van der Waals surface area contributed by atoms with E-state index in [2.05, 4.69) is 29.8 Å². The lowest BCUT2D eigenvalue weighted by molar-refractivity contribution is -0.00556. The molecule has 0 radical (unpaired) electrons. The van der Waals surface area contributed by atoms with E-state index < -0.39 is 0 Å². The quantitative estimate of drug-likeness (QED) is 0.741. The molecule has 1 saturated heterocycles. The second kappa shape index (κ2) is 4.27. The van der Waals surface area contributed by atoms with Crippen LogP contribution in [0.15, 0.2) is 12.3 Å². The number of ether oxygens (including phenoxy) is 2. The van der Waals surface area contributed by atoms with Gasteiger partial charge >= 0.3 is 0 Å². The Morgan fingerprint density at radius 3 is 2.76 bits per heavy atom.